The van der Waals surface area contributed by atoms with Crippen LogP contribution in [0.25, 0.3) is 0 Å². The molecule has 0 aliphatic rings. The third kappa shape index (κ3) is 8.29. The molecule has 13 heavy (non-hydrogen) atoms. The van der Waals surface area contributed by atoms with Gasteiger partial charge in [0.2, 0.25) is 0 Å². The summed E-state index contributed by atoms with van der Waals surface area (Å²) in [5.41, 5.74) is 0.540. The zero-order valence-corrected chi connectivity index (χ0v) is 10.8. The van der Waals surface area contributed by atoms with E-state index in [1.54, 1.807) is 0 Å². The zero-order chi connectivity index (χ0) is 10.9. The van der Waals surface area contributed by atoms with Crippen LogP contribution in [0.15, 0.2) is 0 Å². The van der Waals surface area contributed by atoms with Crippen molar-refractivity contribution in [3.63, 3.8) is 0 Å². The van der Waals surface area contributed by atoms with Gasteiger partial charge in [-0.05, 0) is 32.4 Å². The van der Waals surface area contributed by atoms with E-state index in [1.165, 1.54) is 25.8 Å². The maximum absolute atomic E-state index is 2.39. The van der Waals surface area contributed by atoms with Crippen LogP contribution in [0.3, 0.4) is 0 Å². The Balaban J connectivity index is 0. The molecule has 0 saturated heterocycles. The van der Waals surface area contributed by atoms with Gasteiger partial charge in [0.1, 0.15) is 0 Å². The van der Waals surface area contributed by atoms with Gasteiger partial charge in [-0.25, -0.2) is 0 Å². The molecule has 0 fully saturated rings. The third-order valence-electron chi connectivity index (χ3n) is 2.41. The summed E-state index contributed by atoms with van der Waals surface area (Å²) in [5, 5.41) is 0. The molecule has 1 unspecified atom stereocenters. The van der Waals surface area contributed by atoms with Crippen LogP contribution in [0.5, 0.6) is 0 Å². The largest absolute Gasteiger partial charge is 0.309 e. The highest BCUT2D eigenvalue weighted by Gasteiger charge is 2.21. The van der Waals surface area contributed by atoms with Crippen LogP contribution in [0.1, 0.15) is 53.9 Å². The quantitative estimate of drug-likeness (QED) is 0.633. The summed E-state index contributed by atoms with van der Waals surface area (Å²) in [5.74, 6) is 0. The van der Waals surface area contributed by atoms with Crippen LogP contribution in [-0.4, -0.2) is 25.5 Å². The van der Waals surface area contributed by atoms with Crippen molar-refractivity contribution in [2.75, 3.05) is 20.6 Å². The molecule has 1 atom stereocenters. The minimum Gasteiger partial charge on any atom is -0.309 e. The molecule has 0 saturated carbocycles. The van der Waals surface area contributed by atoms with Gasteiger partial charge in [0, 0.05) is 6.54 Å². The molecular formula is C12H29N. The highest BCUT2D eigenvalue weighted by molar-refractivity contribution is 4.74. The molecule has 0 N–H and O–H groups in total. The molecule has 1 nitrogen and oxygen atoms in total. The van der Waals surface area contributed by atoms with Gasteiger partial charge in [0.15, 0.2) is 0 Å². The summed E-state index contributed by atoms with van der Waals surface area (Å²) < 4.78 is 0. The Labute approximate surface area is 85.5 Å². The Morgan fingerprint density at radius 1 is 1.08 bits per heavy atom. The van der Waals surface area contributed by atoms with Gasteiger partial charge in [-0.3, -0.25) is 0 Å². The van der Waals surface area contributed by atoms with Crippen molar-refractivity contribution in [2.24, 2.45) is 5.41 Å². The third-order valence-corrected chi connectivity index (χ3v) is 2.41. The lowest BCUT2D eigenvalue weighted by atomic mass is 9.82. The molecule has 0 aromatic heterocycles. The second-order valence-electron chi connectivity index (χ2n) is 4.15. The van der Waals surface area contributed by atoms with Gasteiger partial charge in [0.05, 0.1) is 0 Å². The molecule has 0 amide bonds. The van der Waals surface area contributed by atoms with Crippen molar-refractivity contribution in [3.8, 4) is 0 Å². The topological polar surface area (TPSA) is 3.24 Å². The van der Waals surface area contributed by atoms with Gasteiger partial charge in [0.25, 0.3) is 0 Å². The summed E-state index contributed by atoms with van der Waals surface area (Å²) in [6, 6.07) is 0. The van der Waals surface area contributed by atoms with Gasteiger partial charge in [-0.2, -0.15) is 0 Å². The smallest absolute Gasteiger partial charge is 0.00291 e. The summed E-state index contributed by atoms with van der Waals surface area (Å²) in [4.78, 5) is 2.29. The summed E-state index contributed by atoms with van der Waals surface area (Å²) >= 11 is 0. The first kappa shape index (κ1) is 15.4. The highest BCUT2D eigenvalue weighted by Crippen LogP contribution is 2.27. The van der Waals surface area contributed by atoms with E-state index in [2.05, 4.69) is 39.8 Å². The molecule has 0 aromatic carbocycles. The van der Waals surface area contributed by atoms with Crippen molar-refractivity contribution >= 4 is 0 Å². The Bertz CT molecular complexity index is 99.3. The molecular weight excluding hydrogens is 158 g/mol. The van der Waals surface area contributed by atoms with Crippen LogP contribution in [-0.2, 0) is 0 Å². The van der Waals surface area contributed by atoms with Crippen LogP contribution < -0.4 is 0 Å². The van der Waals surface area contributed by atoms with E-state index < -0.39 is 0 Å². The van der Waals surface area contributed by atoms with Crippen molar-refractivity contribution < 1.29 is 0 Å². The number of hydrogen-bond donors (Lipinski definition) is 0. The fraction of sp³-hybridized carbons (Fsp3) is 1.00. The molecule has 82 valence electrons. The van der Waals surface area contributed by atoms with Crippen molar-refractivity contribution in [1.29, 1.82) is 0 Å². The molecule has 0 heterocycles. The standard InChI is InChI=1S/C10H23N.C2H6/c1-6-8-10(3,7-2)9-11(4)5;1-2/h6-9H2,1-5H3;1-2H3. The highest BCUT2D eigenvalue weighted by atomic mass is 15.1. The molecule has 0 rings (SSSR count). The van der Waals surface area contributed by atoms with Crippen molar-refractivity contribution in [1.82, 2.24) is 4.90 Å². The van der Waals surface area contributed by atoms with E-state index in [9.17, 15) is 0 Å². The Morgan fingerprint density at radius 3 is 1.77 bits per heavy atom. The van der Waals surface area contributed by atoms with Gasteiger partial charge in [-0.1, -0.05) is 41.0 Å². The molecule has 0 bridgehead atoms. The number of rotatable bonds is 5. The van der Waals surface area contributed by atoms with Gasteiger partial charge in [-0.15, -0.1) is 0 Å². The van der Waals surface area contributed by atoms with E-state index in [4.69, 9.17) is 0 Å². The number of nitrogens with zero attached hydrogens (tertiary/aromatic N) is 1. The molecule has 1 heteroatoms. The second kappa shape index (κ2) is 8.55. The maximum atomic E-state index is 2.39. The first-order valence-electron chi connectivity index (χ1n) is 5.69. The molecule has 0 aliphatic heterocycles. The minimum absolute atomic E-state index is 0.540. The minimum atomic E-state index is 0.540. The molecule has 0 aromatic rings. The Morgan fingerprint density at radius 2 is 1.54 bits per heavy atom. The normalized spacial score (nSPS) is 14.8. The van der Waals surface area contributed by atoms with E-state index in [1.807, 2.05) is 13.8 Å². The first-order valence-corrected chi connectivity index (χ1v) is 5.69. The molecule has 0 radical (unpaired) electrons. The van der Waals surface area contributed by atoms with Crippen LogP contribution >= 0.6 is 0 Å². The van der Waals surface area contributed by atoms with Crippen LogP contribution in [0, 0.1) is 5.41 Å². The number of hydrogen-bond acceptors (Lipinski definition) is 1. The van der Waals surface area contributed by atoms with Crippen molar-refractivity contribution in [2.45, 2.75) is 53.9 Å². The lowest BCUT2D eigenvalue weighted by Gasteiger charge is -2.31. The van der Waals surface area contributed by atoms with Gasteiger partial charge >= 0.3 is 0 Å². The monoisotopic (exact) mass is 187 g/mol. The second-order valence-corrected chi connectivity index (χ2v) is 4.15. The summed E-state index contributed by atoms with van der Waals surface area (Å²) in [7, 11) is 4.31. The van der Waals surface area contributed by atoms with E-state index in [0.717, 1.165) is 0 Å². The van der Waals surface area contributed by atoms with E-state index in [0.29, 0.717) is 5.41 Å². The van der Waals surface area contributed by atoms with E-state index in [-0.39, 0.29) is 0 Å². The van der Waals surface area contributed by atoms with Crippen molar-refractivity contribution in [3.05, 3.63) is 0 Å². The Kier molecular flexibility index (Phi) is 10.2. The lowest BCUT2D eigenvalue weighted by molar-refractivity contribution is 0.194. The predicted octanol–water partition coefficient (Wildman–Crippen LogP) is 3.79. The molecule has 0 spiro atoms. The SMILES string of the molecule is CC.CCCC(C)(CC)CN(C)C. The zero-order valence-electron chi connectivity index (χ0n) is 10.8. The average Bonchev–Trinajstić information content (AvgIpc) is 2.07. The Hall–Kier alpha value is -0.0400. The lowest BCUT2D eigenvalue weighted by Crippen LogP contribution is -2.30. The maximum Gasteiger partial charge on any atom is 0.00291 e. The van der Waals surface area contributed by atoms with Crippen LogP contribution in [0.2, 0.25) is 0 Å². The van der Waals surface area contributed by atoms with Crippen LogP contribution in [0.4, 0.5) is 0 Å². The summed E-state index contributed by atoms with van der Waals surface area (Å²) in [6.07, 6.45) is 3.94. The fourth-order valence-corrected chi connectivity index (χ4v) is 1.73. The van der Waals surface area contributed by atoms with Gasteiger partial charge < -0.3 is 4.90 Å². The van der Waals surface area contributed by atoms with E-state index >= 15 is 0 Å². The summed E-state index contributed by atoms with van der Waals surface area (Å²) in [6.45, 7) is 12.2. The predicted molar refractivity (Wildman–Crippen MR) is 63.2 cm³/mol. The average molecular weight is 187 g/mol. The fourth-order valence-electron chi connectivity index (χ4n) is 1.73. The molecule has 0 aliphatic carbocycles. The first-order chi connectivity index (χ1) is 6.04.